The zero-order valence-electron chi connectivity index (χ0n) is 12.6. The Morgan fingerprint density at radius 2 is 2.00 bits per heavy atom. The highest BCUT2D eigenvalue weighted by Gasteiger charge is 2.31. The SMILES string of the molecule is CCC1CCC(N)C(CN2CCCCCC2CO)C1. The molecule has 1 aliphatic carbocycles. The van der Waals surface area contributed by atoms with Crippen LogP contribution < -0.4 is 5.73 Å². The Kier molecular flexibility index (Phi) is 6.11. The van der Waals surface area contributed by atoms with E-state index in [2.05, 4.69) is 11.8 Å². The first-order valence-electron chi connectivity index (χ1n) is 8.35. The fourth-order valence-corrected chi connectivity index (χ4v) is 3.95. The maximum atomic E-state index is 9.61. The van der Waals surface area contributed by atoms with Crippen LogP contribution >= 0.6 is 0 Å². The molecule has 0 amide bonds. The molecule has 1 heterocycles. The average molecular weight is 268 g/mol. The molecule has 3 N–H and O–H groups in total. The molecule has 1 saturated heterocycles. The van der Waals surface area contributed by atoms with Gasteiger partial charge in [-0.15, -0.1) is 0 Å². The van der Waals surface area contributed by atoms with Crippen molar-refractivity contribution in [2.24, 2.45) is 17.6 Å². The molecule has 4 atom stereocenters. The molecule has 2 rings (SSSR count). The number of nitrogens with two attached hydrogens (primary N) is 1. The maximum absolute atomic E-state index is 9.61. The third-order valence-corrected chi connectivity index (χ3v) is 5.41. The molecule has 1 saturated carbocycles. The minimum Gasteiger partial charge on any atom is -0.395 e. The van der Waals surface area contributed by atoms with Gasteiger partial charge in [0.1, 0.15) is 0 Å². The molecule has 1 aliphatic heterocycles. The van der Waals surface area contributed by atoms with Crippen molar-refractivity contribution < 1.29 is 5.11 Å². The van der Waals surface area contributed by atoms with Crippen LogP contribution in [0.5, 0.6) is 0 Å². The van der Waals surface area contributed by atoms with Crippen LogP contribution in [0.15, 0.2) is 0 Å². The number of rotatable bonds is 4. The Labute approximate surface area is 118 Å². The van der Waals surface area contributed by atoms with Crippen LogP contribution in [0.3, 0.4) is 0 Å². The summed E-state index contributed by atoms with van der Waals surface area (Å²) in [6.07, 6.45) is 10.2. The number of nitrogens with zero attached hydrogens (tertiary/aromatic N) is 1. The summed E-state index contributed by atoms with van der Waals surface area (Å²) in [4.78, 5) is 2.54. The van der Waals surface area contributed by atoms with Gasteiger partial charge in [-0.2, -0.15) is 0 Å². The molecule has 0 aromatic carbocycles. The standard InChI is InChI=1S/C16H32N2O/c1-2-13-7-8-16(17)14(10-13)11-18-9-5-3-4-6-15(18)12-19/h13-16,19H,2-12,17H2,1H3. The van der Waals surface area contributed by atoms with Crippen LogP contribution in [0.4, 0.5) is 0 Å². The normalized spacial score (nSPS) is 38.1. The van der Waals surface area contributed by atoms with Crippen molar-refractivity contribution in [3.63, 3.8) is 0 Å². The topological polar surface area (TPSA) is 49.5 Å². The van der Waals surface area contributed by atoms with Gasteiger partial charge in [0.25, 0.3) is 0 Å². The van der Waals surface area contributed by atoms with E-state index in [4.69, 9.17) is 5.73 Å². The van der Waals surface area contributed by atoms with E-state index in [1.807, 2.05) is 0 Å². The van der Waals surface area contributed by atoms with Gasteiger partial charge >= 0.3 is 0 Å². The van der Waals surface area contributed by atoms with E-state index in [1.54, 1.807) is 0 Å². The Morgan fingerprint density at radius 3 is 2.74 bits per heavy atom. The maximum Gasteiger partial charge on any atom is 0.0586 e. The molecule has 19 heavy (non-hydrogen) atoms. The van der Waals surface area contributed by atoms with Crippen LogP contribution in [-0.2, 0) is 0 Å². The molecule has 0 aromatic heterocycles. The predicted molar refractivity (Wildman–Crippen MR) is 80.0 cm³/mol. The summed E-state index contributed by atoms with van der Waals surface area (Å²) in [5.74, 6) is 1.52. The minimum absolute atomic E-state index is 0.319. The summed E-state index contributed by atoms with van der Waals surface area (Å²) in [6.45, 7) is 4.90. The smallest absolute Gasteiger partial charge is 0.0586 e. The second-order valence-corrected chi connectivity index (χ2v) is 6.69. The number of likely N-dealkylation sites (tertiary alicyclic amines) is 1. The van der Waals surface area contributed by atoms with Crippen molar-refractivity contribution in [2.75, 3.05) is 19.7 Å². The van der Waals surface area contributed by atoms with Crippen molar-refractivity contribution in [3.8, 4) is 0 Å². The first-order valence-corrected chi connectivity index (χ1v) is 8.35. The molecule has 2 fully saturated rings. The summed E-state index contributed by atoms with van der Waals surface area (Å²) in [7, 11) is 0. The van der Waals surface area contributed by atoms with E-state index in [0.717, 1.165) is 25.4 Å². The second-order valence-electron chi connectivity index (χ2n) is 6.69. The van der Waals surface area contributed by atoms with Gasteiger partial charge in [0.2, 0.25) is 0 Å². The predicted octanol–water partition coefficient (Wildman–Crippen LogP) is 2.38. The largest absolute Gasteiger partial charge is 0.395 e. The van der Waals surface area contributed by atoms with E-state index in [0.29, 0.717) is 24.6 Å². The number of aliphatic hydroxyl groups excluding tert-OH is 1. The molecule has 0 aromatic rings. The lowest BCUT2D eigenvalue weighted by Gasteiger charge is -2.39. The highest BCUT2D eigenvalue weighted by molar-refractivity contribution is 4.86. The van der Waals surface area contributed by atoms with Crippen molar-refractivity contribution in [2.45, 2.75) is 70.4 Å². The molecule has 3 nitrogen and oxygen atoms in total. The summed E-state index contributed by atoms with van der Waals surface area (Å²) >= 11 is 0. The Morgan fingerprint density at radius 1 is 1.16 bits per heavy atom. The molecular formula is C16H32N2O. The molecule has 4 unspecified atom stereocenters. The average Bonchev–Trinajstić information content (AvgIpc) is 2.66. The Balaban J connectivity index is 1.92. The highest BCUT2D eigenvalue weighted by atomic mass is 16.3. The molecule has 112 valence electrons. The van der Waals surface area contributed by atoms with Crippen LogP contribution in [0.1, 0.15) is 58.3 Å². The zero-order valence-corrected chi connectivity index (χ0v) is 12.6. The van der Waals surface area contributed by atoms with Crippen molar-refractivity contribution >= 4 is 0 Å². The lowest BCUT2D eigenvalue weighted by atomic mass is 9.77. The summed E-state index contributed by atoms with van der Waals surface area (Å²) in [6, 6.07) is 0.766. The molecule has 2 aliphatic rings. The monoisotopic (exact) mass is 268 g/mol. The number of hydrogen-bond donors (Lipinski definition) is 2. The number of hydrogen-bond acceptors (Lipinski definition) is 3. The van der Waals surface area contributed by atoms with Crippen LogP contribution in [0.25, 0.3) is 0 Å². The minimum atomic E-state index is 0.319. The van der Waals surface area contributed by atoms with Gasteiger partial charge in [-0.1, -0.05) is 26.2 Å². The third-order valence-electron chi connectivity index (χ3n) is 5.41. The van der Waals surface area contributed by atoms with E-state index >= 15 is 0 Å². The Hall–Kier alpha value is -0.120. The molecule has 0 spiro atoms. The molecule has 3 heteroatoms. The van der Waals surface area contributed by atoms with Crippen molar-refractivity contribution in [3.05, 3.63) is 0 Å². The van der Waals surface area contributed by atoms with Crippen LogP contribution in [0.2, 0.25) is 0 Å². The van der Waals surface area contributed by atoms with Gasteiger partial charge in [-0.05, 0) is 50.5 Å². The molecular weight excluding hydrogens is 236 g/mol. The molecule has 0 radical (unpaired) electrons. The fraction of sp³-hybridized carbons (Fsp3) is 1.00. The van der Waals surface area contributed by atoms with E-state index in [9.17, 15) is 5.11 Å². The van der Waals surface area contributed by atoms with Crippen LogP contribution in [-0.4, -0.2) is 41.8 Å². The van der Waals surface area contributed by atoms with Gasteiger partial charge in [-0.25, -0.2) is 0 Å². The zero-order chi connectivity index (χ0) is 13.7. The summed E-state index contributed by atoms with van der Waals surface area (Å²) in [5.41, 5.74) is 6.35. The Bertz CT molecular complexity index is 259. The van der Waals surface area contributed by atoms with Gasteiger partial charge in [0, 0.05) is 18.6 Å². The second kappa shape index (κ2) is 7.61. The summed E-state index contributed by atoms with van der Waals surface area (Å²) < 4.78 is 0. The quantitative estimate of drug-likeness (QED) is 0.823. The first-order chi connectivity index (χ1) is 9.24. The van der Waals surface area contributed by atoms with Gasteiger partial charge in [0.15, 0.2) is 0 Å². The van der Waals surface area contributed by atoms with E-state index < -0.39 is 0 Å². The van der Waals surface area contributed by atoms with Gasteiger partial charge in [0.05, 0.1) is 6.61 Å². The van der Waals surface area contributed by atoms with Crippen molar-refractivity contribution in [1.82, 2.24) is 4.90 Å². The van der Waals surface area contributed by atoms with E-state index in [1.165, 1.54) is 44.9 Å². The fourth-order valence-electron chi connectivity index (χ4n) is 3.95. The van der Waals surface area contributed by atoms with E-state index in [-0.39, 0.29) is 0 Å². The lowest BCUT2D eigenvalue weighted by molar-refractivity contribution is 0.0856. The first kappa shape index (κ1) is 15.3. The third kappa shape index (κ3) is 4.17. The van der Waals surface area contributed by atoms with Gasteiger partial charge < -0.3 is 10.8 Å². The lowest BCUT2D eigenvalue weighted by Crippen LogP contribution is -2.47. The molecule has 0 bridgehead atoms. The van der Waals surface area contributed by atoms with Gasteiger partial charge in [-0.3, -0.25) is 4.90 Å². The highest BCUT2D eigenvalue weighted by Crippen LogP contribution is 2.32. The number of aliphatic hydroxyl groups is 1. The summed E-state index contributed by atoms with van der Waals surface area (Å²) in [5, 5.41) is 9.61. The van der Waals surface area contributed by atoms with Crippen LogP contribution in [0, 0.1) is 11.8 Å². The van der Waals surface area contributed by atoms with Crippen molar-refractivity contribution in [1.29, 1.82) is 0 Å².